The van der Waals surface area contributed by atoms with Crippen molar-refractivity contribution < 1.29 is 28.7 Å². The van der Waals surface area contributed by atoms with Gasteiger partial charge in [-0.2, -0.15) is 0 Å². The van der Waals surface area contributed by atoms with Crippen LogP contribution in [0.15, 0.2) is 60.4 Å². The smallest absolute Gasteiger partial charge is 0.272 e. The second kappa shape index (κ2) is 13.6. The first-order valence-corrected chi connectivity index (χ1v) is 13.7. The van der Waals surface area contributed by atoms with Gasteiger partial charge in [0.2, 0.25) is 5.91 Å². The lowest BCUT2D eigenvalue weighted by Gasteiger charge is -2.24. The molecule has 1 aliphatic heterocycles. The Balaban J connectivity index is 1.79. The van der Waals surface area contributed by atoms with Crippen molar-refractivity contribution in [1.29, 1.82) is 0 Å². The van der Waals surface area contributed by atoms with E-state index in [1.54, 1.807) is 62.4 Å². The number of aliphatic hydroxyl groups excluding tert-OH is 1. The van der Waals surface area contributed by atoms with Crippen LogP contribution in [0.1, 0.15) is 53.0 Å². The third-order valence-electron chi connectivity index (χ3n) is 6.38. The number of carbonyl (C=O) groups excluding carboxylic acids is 4. The number of hydrogen-bond acceptors (Lipinski definition) is 5. The number of hydrogen-bond donors (Lipinski definition) is 3. The van der Waals surface area contributed by atoms with Crippen LogP contribution in [0, 0.1) is 11.8 Å². The van der Waals surface area contributed by atoms with Crippen LogP contribution in [-0.4, -0.2) is 50.0 Å². The number of aliphatic hydroxyl groups is 1. The highest BCUT2D eigenvalue weighted by atomic mass is 35.6. The van der Waals surface area contributed by atoms with E-state index in [1.807, 2.05) is 0 Å². The lowest BCUT2D eigenvalue weighted by atomic mass is 9.96. The molecule has 3 rings (SSSR count). The average Bonchev–Trinajstić information content (AvgIpc) is 3.15. The molecule has 0 fully saturated rings. The minimum Gasteiger partial charge on any atom is -0.392 e. The maximum Gasteiger partial charge on any atom is 0.272 e. The molecule has 0 spiro atoms. The zero-order chi connectivity index (χ0) is 29.6. The summed E-state index contributed by atoms with van der Waals surface area (Å²) in [7, 11) is 0. The van der Waals surface area contributed by atoms with Crippen LogP contribution in [0.2, 0.25) is 0 Å². The maximum absolute atomic E-state index is 15.5. The molecule has 0 radical (unpaired) electrons. The zero-order valence-electron chi connectivity index (χ0n) is 21.8. The highest BCUT2D eigenvalue weighted by Gasteiger charge is 2.36. The molecule has 40 heavy (non-hydrogen) atoms. The topological polar surface area (TPSA) is 116 Å². The molecule has 0 saturated carbocycles. The Bertz CT molecular complexity index is 1260. The summed E-state index contributed by atoms with van der Waals surface area (Å²) in [5, 5.41) is 14.3. The van der Waals surface area contributed by atoms with E-state index >= 15 is 4.39 Å². The summed E-state index contributed by atoms with van der Waals surface area (Å²) in [5.74, 6) is -4.74. The van der Waals surface area contributed by atoms with E-state index in [0.717, 1.165) is 11.0 Å². The Morgan fingerprint density at radius 3 is 2.10 bits per heavy atom. The Hall–Kier alpha value is -2.98. The van der Waals surface area contributed by atoms with Gasteiger partial charge in [-0.25, -0.2) is 4.39 Å². The van der Waals surface area contributed by atoms with E-state index in [4.69, 9.17) is 34.8 Å². The molecule has 214 valence electrons. The van der Waals surface area contributed by atoms with Crippen molar-refractivity contribution in [2.75, 3.05) is 11.9 Å². The van der Waals surface area contributed by atoms with E-state index in [0.29, 0.717) is 22.4 Å². The summed E-state index contributed by atoms with van der Waals surface area (Å²) < 4.78 is 13.2. The van der Waals surface area contributed by atoms with Gasteiger partial charge in [0.05, 0.1) is 29.7 Å². The van der Waals surface area contributed by atoms with Crippen molar-refractivity contribution in [1.82, 2.24) is 10.2 Å². The van der Waals surface area contributed by atoms with E-state index < -0.39 is 51.1 Å². The van der Waals surface area contributed by atoms with Gasteiger partial charge in [0, 0.05) is 12.2 Å². The molecule has 0 bridgehead atoms. The van der Waals surface area contributed by atoms with Crippen LogP contribution in [0.3, 0.4) is 0 Å². The summed E-state index contributed by atoms with van der Waals surface area (Å²) in [6.45, 7) is 3.15. The van der Waals surface area contributed by atoms with Crippen molar-refractivity contribution in [3.8, 4) is 0 Å². The quantitative estimate of drug-likeness (QED) is 0.239. The number of amides is 4. The number of carbonyl (C=O) groups is 4. The number of fused-ring (bicyclic) bond motifs is 1. The highest BCUT2D eigenvalue weighted by molar-refractivity contribution is 6.76. The van der Waals surface area contributed by atoms with Crippen LogP contribution in [0.5, 0.6) is 0 Å². The molecule has 8 nitrogen and oxygen atoms in total. The van der Waals surface area contributed by atoms with Crippen molar-refractivity contribution in [2.24, 2.45) is 11.8 Å². The van der Waals surface area contributed by atoms with Gasteiger partial charge in [-0.3, -0.25) is 24.1 Å². The van der Waals surface area contributed by atoms with Gasteiger partial charge in [-0.1, -0.05) is 72.9 Å². The first kappa shape index (κ1) is 31.5. The third-order valence-corrected chi connectivity index (χ3v) is 6.90. The van der Waals surface area contributed by atoms with Gasteiger partial charge < -0.3 is 15.7 Å². The van der Waals surface area contributed by atoms with Crippen molar-refractivity contribution in [3.63, 3.8) is 0 Å². The largest absolute Gasteiger partial charge is 0.392 e. The molecule has 2 aromatic carbocycles. The number of alkyl halides is 3. The SMILES string of the molecule is CC(C)[C@H](NC(=O)C(Cl)(Cl)Cl)/C(F)=C/[C@@H](CCCN1C(=O)c2ccccc2C1=O)C(=O)Nc1ccc(CO)cc1. The standard InChI is InChI=1S/C28H29Cl3FN3O5/c1-16(2)23(34-27(40)28(29,30)31)22(32)14-18(24(37)33-19-11-9-17(15-36)10-12-19)6-5-13-35-25(38)20-7-3-4-8-21(20)26(35)39/h3-4,7-12,14,16,18,23,36H,5-6,13,15H2,1-2H3,(H,33,37)(H,34,40)/b22-14-/t18-,23+/m1/s1. The van der Waals surface area contributed by atoms with Gasteiger partial charge in [-0.05, 0) is 54.7 Å². The lowest BCUT2D eigenvalue weighted by molar-refractivity contribution is -0.121. The molecule has 3 N–H and O–H groups in total. The van der Waals surface area contributed by atoms with Crippen LogP contribution < -0.4 is 10.6 Å². The van der Waals surface area contributed by atoms with Gasteiger partial charge in [-0.15, -0.1) is 0 Å². The first-order valence-electron chi connectivity index (χ1n) is 12.5. The minimum absolute atomic E-state index is 0.0222. The van der Waals surface area contributed by atoms with Crippen molar-refractivity contribution >= 4 is 64.1 Å². The molecule has 2 aromatic rings. The summed E-state index contributed by atoms with van der Waals surface area (Å²) >= 11 is 16.9. The van der Waals surface area contributed by atoms with E-state index in [1.165, 1.54) is 0 Å². The van der Waals surface area contributed by atoms with E-state index in [-0.39, 0.29) is 26.0 Å². The number of nitrogens with zero attached hydrogens (tertiary/aromatic N) is 1. The predicted molar refractivity (Wildman–Crippen MR) is 152 cm³/mol. The second-order valence-electron chi connectivity index (χ2n) is 9.64. The summed E-state index contributed by atoms with van der Waals surface area (Å²) in [5.41, 5.74) is 1.68. The van der Waals surface area contributed by atoms with Crippen molar-refractivity contribution in [3.05, 3.63) is 77.1 Å². The second-order valence-corrected chi connectivity index (χ2v) is 11.9. The van der Waals surface area contributed by atoms with Crippen LogP contribution in [-0.2, 0) is 16.2 Å². The highest BCUT2D eigenvalue weighted by Crippen LogP contribution is 2.28. The lowest BCUT2D eigenvalue weighted by Crippen LogP contribution is -2.44. The monoisotopic (exact) mass is 611 g/mol. The normalized spacial score (nSPS) is 15.2. The first-order chi connectivity index (χ1) is 18.8. The Labute approximate surface area is 246 Å². The fourth-order valence-corrected chi connectivity index (χ4v) is 4.37. The molecule has 2 atom stereocenters. The van der Waals surface area contributed by atoms with Gasteiger partial charge in [0.15, 0.2) is 0 Å². The molecule has 0 aromatic heterocycles. The number of halogens is 4. The van der Waals surface area contributed by atoms with Gasteiger partial charge in [0.1, 0.15) is 5.83 Å². The number of anilines is 1. The fourth-order valence-electron chi connectivity index (χ4n) is 4.20. The molecule has 1 heterocycles. The van der Waals surface area contributed by atoms with Gasteiger partial charge >= 0.3 is 0 Å². The molecule has 1 aliphatic rings. The molecule has 0 unspecified atom stereocenters. The Morgan fingerprint density at radius 1 is 1.02 bits per heavy atom. The fraction of sp³-hybridized carbons (Fsp3) is 0.357. The van der Waals surface area contributed by atoms with Gasteiger partial charge in [0.25, 0.3) is 21.5 Å². The van der Waals surface area contributed by atoms with Crippen LogP contribution in [0.25, 0.3) is 0 Å². The van der Waals surface area contributed by atoms with Crippen LogP contribution in [0.4, 0.5) is 10.1 Å². The molecule has 12 heteroatoms. The maximum atomic E-state index is 15.5. The molecule has 4 amide bonds. The molecular formula is C28H29Cl3FN3O5. The Kier molecular flexibility index (Phi) is 10.7. The number of imide groups is 1. The summed E-state index contributed by atoms with van der Waals surface area (Å²) in [4.78, 5) is 51.9. The van der Waals surface area contributed by atoms with E-state index in [9.17, 15) is 24.3 Å². The summed E-state index contributed by atoms with van der Waals surface area (Å²) in [6, 6.07) is 11.7. The average molecular weight is 613 g/mol. The van der Waals surface area contributed by atoms with Crippen molar-refractivity contribution in [2.45, 2.75) is 43.1 Å². The molecule has 0 aliphatic carbocycles. The Morgan fingerprint density at radius 2 is 1.60 bits per heavy atom. The third kappa shape index (κ3) is 7.81. The number of benzene rings is 2. The number of nitrogens with one attached hydrogen (secondary N) is 2. The summed E-state index contributed by atoms with van der Waals surface area (Å²) in [6.07, 6.45) is 1.36. The predicted octanol–water partition coefficient (Wildman–Crippen LogP) is 5.17. The van der Waals surface area contributed by atoms with E-state index in [2.05, 4.69) is 10.6 Å². The minimum atomic E-state index is -2.31. The zero-order valence-corrected chi connectivity index (χ0v) is 24.1. The number of rotatable bonds is 11. The molecule has 0 saturated heterocycles. The molecular weight excluding hydrogens is 584 g/mol. The van der Waals surface area contributed by atoms with Crippen LogP contribution >= 0.6 is 34.8 Å².